The summed E-state index contributed by atoms with van der Waals surface area (Å²) in [5, 5.41) is 0. The fourth-order valence-electron chi connectivity index (χ4n) is 2.29. The molecule has 0 saturated heterocycles. The molecule has 0 aromatic heterocycles. The fourth-order valence-corrected chi connectivity index (χ4v) is 2.80. The average Bonchev–Trinajstić information content (AvgIpc) is 2.64. The Morgan fingerprint density at radius 1 is 1.10 bits per heavy atom. The first-order valence-corrected chi connectivity index (χ1v) is 6.76. The van der Waals surface area contributed by atoms with Crippen molar-refractivity contribution in [2.45, 2.75) is 6.54 Å². The van der Waals surface area contributed by atoms with Gasteiger partial charge in [0.15, 0.2) is 0 Å². The van der Waals surface area contributed by atoms with Gasteiger partial charge in [-0.25, -0.2) is 4.39 Å². The SMILES string of the molecule is O=C1C(=O)N(Cc2cc(F)cc(Br)c2)c2ccccc21. The molecule has 20 heavy (non-hydrogen) atoms. The van der Waals surface area contributed by atoms with Crippen LogP contribution in [0.4, 0.5) is 10.1 Å². The van der Waals surface area contributed by atoms with Crippen LogP contribution in [0.25, 0.3) is 0 Å². The molecule has 1 aliphatic rings. The Morgan fingerprint density at radius 2 is 1.85 bits per heavy atom. The fraction of sp³-hybridized carbons (Fsp3) is 0.0667. The summed E-state index contributed by atoms with van der Waals surface area (Å²) in [7, 11) is 0. The van der Waals surface area contributed by atoms with Crippen LogP contribution in [-0.2, 0) is 11.3 Å². The van der Waals surface area contributed by atoms with Crippen LogP contribution in [-0.4, -0.2) is 11.7 Å². The number of anilines is 1. The maximum Gasteiger partial charge on any atom is 0.299 e. The van der Waals surface area contributed by atoms with Crippen molar-refractivity contribution >= 4 is 33.3 Å². The quantitative estimate of drug-likeness (QED) is 0.790. The standard InChI is InChI=1S/C15H9BrFNO2/c16-10-5-9(6-11(17)7-10)8-18-13-4-2-1-3-12(13)14(19)15(18)20/h1-7H,8H2. The highest BCUT2D eigenvalue weighted by molar-refractivity contribution is 9.10. The number of fused-ring (bicyclic) bond motifs is 1. The summed E-state index contributed by atoms with van der Waals surface area (Å²) in [6.45, 7) is 0.165. The van der Waals surface area contributed by atoms with Gasteiger partial charge < -0.3 is 4.90 Å². The largest absolute Gasteiger partial charge is 0.300 e. The first kappa shape index (κ1) is 13.0. The van der Waals surface area contributed by atoms with Crippen molar-refractivity contribution in [1.82, 2.24) is 0 Å². The zero-order valence-corrected chi connectivity index (χ0v) is 11.9. The molecule has 1 amide bonds. The number of benzene rings is 2. The molecule has 3 rings (SSSR count). The van der Waals surface area contributed by atoms with Crippen molar-refractivity contribution in [2.75, 3.05) is 4.90 Å². The zero-order valence-electron chi connectivity index (χ0n) is 10.3. The van der Waals surface area contributed by atoms with Crippen molar-refractivity contribution in [3.63, 3.8) is 0 Å². The third kappa shape index (κ3) is 2.14. The molecule has 0 N–H and O–H groups in total. The molecule has 100 valence electrons. The van der Waals surface area contributed by atoms with Crippen LogP contribution in [0.2, 0.25) is 0 Å². The van der Waals surface area contributed by atoms with Gasteiger partial charge in [-0.1, -0.05) is 28.1 Å². The van der Waals surface area contributed by atoms with Gasteiger partial charge in [-0.15, -0.1) is 0 Å². The van der Waals surface area contributed by atoms with Gasteiger partial charge in [0.2, 0.25) is 0 Å². The molecule has 5 heteroatoms. The minimum Gasteiger partial charge on any atom is -0.300 e. The molecular weight excluding hydrogens is 325 g/mol. The van der Waals surface area contributed by atoms with E-state index in [2.05, 4.69) is 15.9 Å². The number of hydrogen-bond acceptors (Lipinski definition) is 2. The van der Waals surface area contributed by atoms with Crippen molar-refractivity contribution in [3.05, 3.63) is 63.9 Å². The smallest absolute Gasteiger partial charge is 0.299 e. The molecule has 2 aromatic rings. The van der Waals surface area contributed by atoms with Crippen LogP contribution < -0.4 is 4.90 Å². The molecule has 0 atom stereocenters. The van der Waals surface area contributed by atoms with Gasteiger partial charge in [-0.05, 0) is 35.9 Å². The van der Waals surface area contributed by atoms with Gasteiger partial charge in [0.05, 0.1) is 17.8 Å². The molecule has 0 unspecified atom stereocenters. The first-order chi connectivity index (χ1) is 9.56. The Bertz CT molecular complexity index is 709. The number of Topliss-reactive ketones (excluding diaryl/α,β-unsaturated/α-hetero) is 1. The number of carbonyl (C=O) groups is 2. The van der Waals surface area contributed by atoms with Crippen molar-refractivity contribution in [1.29, 1.82) is 0 Å². The van der Waals surface area contributed by atoms with Gasteiger partial charge in [0, 0.05) is 4.47 Å². The van der Waals surface area contributed by atoms with Crippen LogP contribution in [0.15, 0.2) is 46.9 Å². The van der Waals surface area contributed by atoms with Gasteiger partial charge in [-0.2, -0.15) is 0 Å². The minimum absolute atomic E-state index is 0.165. The molecule has 0 saturated carbocycles. The topological polar surface area (TPSA) is 37.4 Å². The number of carbonyl (C=O) groups excluding carboxylic acids is 2. The number of hydrogen-bond donors (Lipinski definition) is 0. The van der Waals surface area contributed by atoms with Crippen molar-refractivity contribution in [2.24, 2.45) is 0 Å². The van der Waals surface area contributed by atoms with Crippen LogP contribution >= 0.6 is 15.9 Å². The van der Waals surface area contributed by atoms with Crippen LogP contribution in [0.1, 0.15) is 15.9 Å². The summed E-state index contributed by atoms with van der Waals surface area (Å²) in [5.74, 6) is -1.48. The molecule has 2 aromatic carbocycles. The highest BCUT2D eigenvalue weighted by atomic mass is 79.9. The number of amides is 1. The Labute approximate surface area is 123 Å². The van der Waals surface area contributed by atoms with Gasteiger partial charge in [-0.3, -0.25) is 9.59 Å². The Hall–Kier alpha value is -2.01. The lowest BCUT2D eigenvalue weighted by Crippen LogP contribution is -2.29. The van der Waals surface area contributed by atoms with Crippen molar-refractivity contribution < 1.29 is 14.0 Å². The summed E-state index contributed by atoms with van der Waals surface area (Å²) in [4.78, 5) is 25.2. The predicted octanol–water partition coefficient (Wildman–Crippen LogP) is 3.32. The van der Waals surface area contributed by atoms with E-state index >= 15 is 0 Å². The van der Waals surface area contributed by atoms with Crippen LogP contribution in [0.3, 0.4) is 0 Å². The monoisotopic (exact) mass is 333 g/mol. The van der Waals surface area contributed by atoms with Gasteiger partial charge >= 0.3 is 0 Å². The summed E-state index contributed by atoms with van der Waals surface area (Å²) < 4.78 is 14.0. The van der Waals surface area contributed by atoms with E-state index in [1.165, 1.54) is 17.0 Å². The third-order valence-electron chi connectivity index (χ3n) is 3.14. The number of rotatable bonds is 2. The average molecular weight is 334 g/mol. The lowest BCUT2D eigenvalue weighted by atomic mass is 10.1. The number of para-hydroxylation sites is 1. The van der Waals surface area contributed by atoms with Gasteiger partial charge in [0.1, 0.15) is 5.82 Å². The number of halogens is 2. The highest BCUT2D eigenvalue weighted by Crippen LogP contribution is 2.30. The molecule has 0 fully saturated rings. The Balaban J connectivity index is 1.99. The summed E-state index contributed by atoms with van der Waals surface area (Å²) in [6, 6.07) is 11.2. The van der Waals surface area contributed by atoms with E-state index in [-0.39, 0.29) is 12.4 Å². The molecule has 1 heterocycles. The van der Waals surface area contributed by atoms with Crippen molar-refractivity contribution in [3.8, 4) is 0 Å². The van der Waals surface area contributed by atoms with Gasteiger partial charge in [0.25, 0.3) is 11.7 Å². The summed E-state index contributed by atoms with van der Waals surface area (Å²) in [6.07, 6.45) is 0. The van der Waals surface area contributed by atoms with E-state index in [0.717, 1.165) is 0 Å². The molecule has 0 aliphatic carbocycles. The molecule has 1 aliphatic heterocycles. The third-order valence-corrected chi connectivity index (χ3v) is 3.60. The molecule has 0 spiro atoms. The highest BCUT2D eigenvalue weighted by Gasteiger charge is 2.35. The van der Waals surface area contributed by atoms with E-state index < -0.39 is 11.7 Å². The second kappa shape index (κ2) is 4.83. The molecular formula is C15H9BrFNO2. The minimum atomic E-state index is -0.577. The van der Waals surface area contributed by atoms with Crippen LogP contribution in [0.5, 0.6) is 0 Å². The van der Waals surface area contributed by atoms with Crippen LogP contribution in [0, 0.1) is 5.82 Å². The number of nitrogens with zero attached hydrogens (tertiary/aromatic N) is 1. The second-order valence-corrected chi connectivity index (χ2v) is 5.43. The van der Waals surface area contributed by atoms with E-state index in [9.17, 15) is 14.0 Å². The lowest BCUT2D eigenvalue weighted by Gasteiger charge is -2.16. The maximum absolute atomic E-state index is 13.4. The summed E-state index contributed by atoms with van der Waals surface area (Å²) in [5.41, 5.74) is 1.59. The second-order valence-electron chi connectivity index (χ2n) is 4.52. The zero-order chi connectivity index (χ0) is 14.3. The molecule has 0 radical (unpaired) electrons. The number of ketones is 1. The van der Waals surface area contributed by atoms with E-state index in [1.54, 1.807) is 30.3 Å². The first-order valence-electron chi connectivity index (χ1n) is 5.96. The predicted molar refractivity (Wildman–Crippen MR) is 76.1 cm³/mol. The van der Waals surface area contributed by atoms with E-state index in [4.69, 9.17) is 0 Å². The Kier molecular flexibility index (Phi) is 3.14. The molecule has 0 bridgehead atoms. The van der Waals surface area contributed by atoms with E-state index in [1.807, 2.05) is 0 Å². The molecule has 3 nitrogen and oxygen atoms in total. The maximum atomic E-state index is 13.4. The lowest BCUT2D eigenvalue weighted by molar-refractivity contribution is -0.114. The summed E-state index contributed by atoms with van der Waals surface area (Å²) >= 11 is 3.21. The van der Waals surface area contributed by atoms with E-state index in [0.29, 0.717) is 21.3 Å². The Morgan fingerprint density at radius 3 is 2.60 bits per heavy atom. The normalized spacial score (nSPS) is 13.8.